The average Bonchev–Trinajstić information content (AvgIpc) is 3.27. The van der Waals surface area contributed by atoms with Crippen molar-refractivity contribution in [1.29, 1.82) is 0 Å². The number of nitrogens with one attached hydrogen (secondary N) is 2. The fourth-order valence-corrected chi connectivity index (χ4v) is 5.38. The third-order valence-electron chi connectivity index (χ3n) is 6.22. The first-order valence-electron chi connectivity index (χ1n) is 12.7. The second-order valence-electron chi connectivity index (χ2n) is 9.12. The Bertz CT molecular complexity index is 1610. The van der Waals surface area contributed by atoms with Crippen molar-refractivity contribution in [3.8, 4) is 0 Å². The van der Waals surface area contributed by atoms with Gasteiger partial charge >= 0.3 is 0 Å². The molecule has 1 saturated heterocycles. The van der Waals surface area contributed by atoms with E-state index in [1.165, 1.54) is 16.7 Å². The Labute approximate surface area is 246 Å². The lowest BCUT2D eigenvalue weighted by Crippen LogP contribution is -2.31. The monoisotopic (exact) mass is 581 g/mol. The molecule has 41 heavy (non-hydrogen) atoms. The van der Waals surface area contributed by atoms with Crippen LogP contribution in [0.4, 0.5) is 11.4 Å². The maximum absolute atomic E-state index is 13.2. The molecule has 1 heterocycles. The van der Waals surface area contributed by atoms with Crippen LogP contribution in [0.2, 0.25) is 5.02 Å². The van der Waals surface area contributed by atoms with Crippen molar-refractivity contribution in [2.75, 3.05) is 10.2 Å². The first-order chi connectivity index (χ1) is 19.9. The molecule has 1 fully saturated rings. The van der Waals surface area contributed by atoms with Gasteiger partial charge in [-0.3, -0.25) is 19.2 Å². The van der Waals surface area contributed by atoms with E-state index in [2.05, 4.69) is 10.6 Å². The van der Waals surface area contributed by atoms with Crippen LogP contribution in [0, 0.1) is 0 Å². The van der Waals surface area contributed by atoms with Crippen LogP contribution in [0.25, 0.3) is 6.08 Å². The van der Waals surface area contributed by atoms with E-state index in [0.29, 0.717) is 22.0 Å². The van der Waals surface area contributed by atoms with Crippen LogP contribution in [0.3, 0.4) is 0 Å². The van der Waals surface area contributed by atoms with E-state index in [9.17, 15) is 19.2 Å². The third-order valence-corrected chi connectivity index (χ3v) is 7.67. The first kappa shape index (κ1) is 27.9. The molecule has 0 spiro atoms. The van der Waals surface area contributed by atoms with Gasteiger partial charge in [0.05, 0.1) is 10.9 Å². The summed E-state index contributed by atoms with van der Waals surface area (Å²) in [5.41, 5.74) is 2.26. The molecule has 0 saturated carbocycles. The van der Waals surface area contributed by atoms with Crippen LogP contribution in [-0.4, -0.2) is 28.9 Å². The molecule has 0 aliphatic carbocycles. The second kappa shape index (κ2) is 12.7. The minimum atomic E-state index is -0.563. The molecular formula is C32H24ClN3O4S. The summed E-state index contributed by atoms with van der Waals surface area (Å²) >= 11 is 7.22. The van der Waals surface area contributed by atoms with Crippen LogP contribution < -0.4 is 15.5 Å². The molecule has 0 aromatic heterocycles. The average molecular weight is 582 g/mol. The zero-order valence-electron chi connectivity index (χ0n) is 21.6. The summed E-state index contributed by atoms with van der Waals surface area (Å²) in [7, 11) is 0. The number of benzene rings is 4. The van der Waals surface area contributed by atoms with Gasteiger partial charge in [-0.15, -0.1) is 11.8 Å². The number of imide groups is 1. The number of hydrogen-bond donors (Lipinski definition) is 2. The highest BCUT2D eigenvalue weighted by Gasteiger charge is 2.40. The van der Waals surface area contributed by atoms with Gasteiger partial charge < -0.3 is 10.6 Å². The quantitative estimate of drug-likeness (QED) is 0.191. The molecule has 1 aliphatic rings. The highest BCUT2D eigenvalue weighted by molar-refractivity contribution is 8.00. The van der Waals surface area contributed by atoms with E-state index < -0.39 is 17.1 Å². The topological polar surface area (TPSA) is 95.6 Å². The summed E-state index contributed by atoms with van der Waals surface area (Å²) in [6.07, 6.45) is 1.69. The lowest BCUT2D eigenvalue weighted by atomic mass is 10.1. The van der Waals surface area contributed by atoms with Crippen molar-refractivity contribution in [3.05, 3.63) is 131 Å². The van der Waals surface area contributed by atoms with E-state index in [4.69, 9.17) is 11.6 Å². The minimum Gasteiger partial charge on any atom is -0.321 e. The molecule has 1 atom stereocenters. The van der Waals surface area contributed by atoms with Crippen molar-refractivity contribution < 1.29 is 19.2 Å². The zero-order valence-corrected chi connectivity index (χ0v) is 23.2. The summed E-state index contributed by atoms with van der Waals surface area (Å²) in [6, 6.07) is 31.4. The van der Waals surface area contributed by atoms with Gasteiger partial charge in [0.15, 0.2) is 0 Å². The Morgan fingerprint density at radius 2 is 1.46 bits per heavy atom. The molecule has 1 unspecified atom stereocenters. The largest absolute Gasteiger partial charge is 0.321 e. The number of amides is 4. The second-order valence-corrected chi connectivity index (χ2v) is 10.8. The first-order valence-corrected chi connectivity index (χ1v) is 14.0. The number of nitrogens with zero attached hydrogens (tertiary/aromatic N) is 1. The van der Waals surface area contributed by atoms with Crippen molar-refractivity contribution >= 4 is 64.4 Å². The summed E-state index contributed by atoms with van der Waals surface area (Å²) in [5.74, 6) is -1.45. The smallest absolute Gasteiger partial charge is 0.272 e. The fourth-order valence-electron chi connectivity index (χ4n) is 4.20. The maximum Gasteiger partial charge on any atom is 0.272 e. The normalized spacial score (nSPS) is 15.1. The third kappa shape index (κ3) is 6.92. The van der Waals surface area contributed by atoms with Crippen molar-refractivity contribution in [1.82, 2.24) is 5.32 Å². The fraction of sp³-hybridized carbons (Fsp3) is 0.0625. The maximum atomic E-state index is 13.2. The van der Waals surface area contributed by atoms with Crippen LogP contribution in [0.15, 0.2) is 120 Å². The zero-order chi connectivity index (χ0) is 28.8. The van der Waals surface area contributed by atoms with Crippen molar-refractivity contribution in [2.24, 2.45) is 0 Å². The SMILES string of the molecule is O=C(Nc1ccc(SC2CC(=O)N(c3ccc(Cl)cc3)C2=O)cc1)/C(=C/c1ccccc1)NC(=O)c1ccccc1. The summed E-state index contributed by atoms with van der Waals surface area (Å²) < 4.78 is 0. The Morgan fingerprint density at radius 3 is 2.12 bits per heavy atom. The summed E-state index contributed by atoms with van der Waals surface area (Å²) in [4.78, 5) is 53.5. The molecule has 0 radical (unpaired) electrons. The minimum absolute atomic E-state index is 0.0827. The molecule has 9 heteroatoms. The van der Waals surface area contributed by atoms with Gasteiger partial charge in [0, 0.05) is 27.6 Å². The summed E-state index contributed by atoms with van der Waals surface area (Å²) in [6.45, 7) is 0. The molecule has 0 bridgehead atoms. The highest BCUT2D eigenvalue weighted by Crippen LogP contribution is 2.34. The van der Waals surface area contributed by atoms with E-state index in [-0.39, 0.29) is 23.9 Å². The van der Waals surface area contributed by atoms with E-state index >= 15 is 0 Å². The van der Waals surface area contributed by atoms with E-state index in [1.807, 2.05) is 36.4 Å². The lowest BCUT2D eigenvalue weighted by Gasteiger charge is -2.15. The van der Waals surface area contributed by atoms with Gasteiger partial charge in [-0.1, -0.05) is 60.1 Å². The van der Waals surface area contributed by atoms with Gasteiger partial charge in [-0.25, -0.2) is 4.90 Å². The Kier molecular flexibility index (Phi) is 8.62. The lowest BCUT2D eigenvalue weighted by molar-refractivity contribution is -0.121. The Hall–Kier alpha value is -4.66. The van der Waals surface area contributed by atoms with Crippen molar-refractivity contribution in [3.63, 3.8) is 0 Å². The van der Waals surface area contributed by atoms with Gasteiger partial charge in [0.2, 0.25) is 11.8 Å². The van der Waals surface area contributed by atoms with E-state index in [1.54, 1.807) is 78.9 Å². The number of thioether (sulfide) groups is 1. The molecular weight excluding hydrogens is 558 g/mol. The van der Waals surface area contributed by atoms with Gasteiger partial charge in [0.25, 0.3) is 11.8 Å². The van der Waals surface area contributed by atoms with E-state index in [0.717, 1.165) is 10.5 Å². The number of anilines is 2. The Balaban J connectivity index is 1.26. The molecule has 204 valence electrons. The van der Waals surface area contributed by atoms with Crippen LogP contribution in [0.1, 0.15) is 22.3 Å². The predicted octanol–water partition coefficient (Wildman–Crippen LogP) is 6.17. The molecule has 4 aromatic rings. The number of rotatable bonds is 8. The van der Waals surface area contributed by atoms with Crippen molar-refractivity contribution in [2.45, 2.75) is 16.6 Å². The number of halogens is 1. The molecule has 7 nitrogen and oxygen atoms in total. The number of carbonyl (C=O) groups is 4. The number of hydrogen-bond acceptors (Lipinski definition) is 5. The van der Waals surface area contributed by atoms with Crippen LogP contribution >= 0.6 is 23.4 Å². The van der Waals surface area contributed by atoms with Crippen LogP contribution in [-0.2, 0) is 14.4 Å². The van der Waals surface area contributed by atoms with Gasteiger partial charge in [-0.05, 0) is 72.3 Å². The summed E-state index contributed by atoms with van der Waals surface area (Å²) in [5, 5.41) is 5.49. The molecule has 4 aromatic carbocycles. The molecule has 4 amide bonds. The molecule has 5 rings (SSSR count). The van der Waals surface area contributed by atoms with Gasteiger partial charge in [-0.2, -0.15) is 0 Å². The van der Waals surface area contributed by atoms with Crippen LogP contribution in [0.5, 0.6) is 0 Å². The number of carbonyl (C=O) groups excluding carboxylic acids is 4. The molecule has 2 N–H and O–H groups in total. The van der Waals surface area contributed by atoms with Gasteiger partial charge in [0.1, 0.15) is 5.70 Å². The highest BCUT2D eigenvalue weighted by atomic mass is 35.5. The standard InChI is InChI=1S/C32H24ClN3O4S/c33-23-11-15-25(16-12-23)36-29(37)20-28(32(36)40)41-26-17-13-24(14-18-26)34-31(39)27(19-21-7-3-1-4-8-21)35-30(38)22-9-5-2-6-10-22/h1-19,28H,20H2,(H,34,39)(H,35,38)/b27-19-. The predicted molar refractivity (Wildman–Crippen MR) is 162 cm³/mol. The molecule has 1 aliphatic heterocycles. The Morgan fingerprint density at radius 1 is 0.829 bits per heavy atom.